The molecule has 1 N–H and O–H groups in total. The number of nitrogens with one attached hydrogen (secondary N) is 1. The van der Waals surface area contributed by atoms with Crippen molar-refractivity contribution in [3.63, 3.8) is 0 Å². The van der Waals surface area contributed by atoms with Crippen molar-refractivity contribution in [2.24, 2.45) is 0 Å². The predicted octanol–water partition coefficient (Wildman–Crippen LogP) is 1.58. The minimum absolute atomic E-state index is 0.0229. The maximum atomic E-state index is 12.6. The standard InChI is InChI=1S/C14H23N5O3/c1-4-18(5-2)14(21)19-9-7-8-10(19)11-12(16-17-15-11)13(20)22-6-3/h10H,4-9H2,1-3H3,(H,15,16,17). The number of hydrogen-bond donors (Lipinski definition) is 1. The van der Waals surface area contributed by atoms with Crippen LogP contribution in [0.1, 0.15) is 55.8 Å². The molecule has 8 nitrogen and oxygen atoms in total. The SMILES string of the molecule is CCOC(=O)c1n[nH]nc1C1CCCN1C(=O)N(CC)CC. The van der Waals surface area contributed by atoms with Gasteiger partial charge in [0.1, 0.15) is 5.69 Å². The van der Waals surface area contributed by atoms with Gasteiger partial charge in [0, 0.05) is 19.6 Å². The van der Waals surface area contributed by atoms with Crippen molar-refractivity contribution in [2.45, 2.75) is 39.7 Å². The Balaban J connectivity index is 2.23. The van der Waals surface area contributed by atoms with Crippen molar-refractivity contribution >= 4 is 12.0 Å². The van der Waals surface area contributed by atoms with E-state index < -0.39 is 5.97 Å². The van der Waals surface area contributed by atoms with Crippen LogP contribution in [0, 0.1) is 0 Å². The van der Waals surface area contributed by atoms with Gasteiger partial charge in [0.15, 0.2) is 5.69 Å². The van der Waals surface area contributed by atoms with Gasteiger partial charge in [0.05, 0.1) is 12.6 Å². The lowest BCUT2D eigenvalue weighted by molar-refractivity contribution is 0.0515. The molecule has 1 atom stereocenters. The number of carbonyl (C=O) groups excluding carboxylic acids is 2. The Morgan fingerprint density at radius 2 is 2.05 bits per heavy atom. The first-order chi connectivity index (χ1) is 10.6. The number of rotatable bonds is 5. The van der Waals surface area contributed by atoms with E-state index in [0.717, 1.165) is 12.8 Å². The number of esters is 1. The van der Waals surface area contributed by atoms with Crippen LogP contribution in [-0.2, 0) is 4.74 Å². The molecule has 2 amide bonds. The van der Waals surface area contributed by atoms with Gasteiger partial charge < -0.3 is 14.5 Å². The molecule has 1 saturated heterocycles. The molecule has 0 bridgehead atoms. The van der Waals surface area contributed by atoms with Crippen LogP contribution in [-0.4, -0.2) is 63.5 Å². The minimum atomic E-state index is -0.506. The number of carbonyl (C=O) groups is 2. The molecule has 0 radical (unpaired) electrons. The molecule has 1 aromatic heterocycles. The molecule has 1 aliphatic heterocycles. The maximum Gasteiger partial charge on any atom is 0.360 e. The smallest absolute Gasteiger partial charge is 0.360 e. The number of H-pyrrole nitrogens is 1. The number of aromatic amines is 1. The molecule has 2 rings (SSSR count). The van der Waals surface area contributed by atoms with Crippen LogP contribution >= 0.6 is 0 Å². The molecule has 8 heteroatoms. The lowest BCUT2D eigenvalue weighted by Crippen LogP contribution is -2.43. The van der Waals surface area contributed by atoms with Crippen molar-refractivity contribution in [1.82, 2.24) is 25.2 Å². The van der Waals surface area contributed by atoms with Gasteiger partial charge in [-0.15, -0.1) is 5.10 Å². The van der Waals surface area contributed by atoms with Gasteiger partial charge in [-0.25, -0.2) is 9.59 Å². The van der Waals surface area contributed by atoms with E-state index in [4.69, 9.17) is 4.74 Å². The van der Waals surface area contributed by atoms with Crippen molar-refractivity contribution < 1.29 is 14.3 Å². The second-order valence-corrected chi connectivity index (χ2v) is 5.08. The van der Waals surface area contributed by atoms with E-state index in [1.54, 1.807) is 16.7 Å². The molecule has 0 spiro atoms. The monoisotopic (exact) mass is 309 g/mol. The van der Waals surface area contributed by atoms with E-state index in [1.807, 2.05) is 13.8 Å². The molecule has 22 heavy (non-hydrogen) atoms. The average Bonchev–Trinajstić information content (AvgIpc) is 3.17. The third-order valence-electron chi connectivity index (χ3n) is 3.89. The first-order valence-electron chi connectivity index (χ1n) is 7.77. The average molecular weight is 309 g/mol. The Bertz CT molecular complexity index is 526. The third-order valence-corrected chi connectivity index (χ3v) is 3.89. The van der Waals surface area contributed by atoms with Crippen molar-refractivity contribution in [3.05, 3.63) is 11.4 Å². The highest BCUT2D eigenvalue weighted by molar-refractivity contribution is 5.88. The van der Waals surface area contributed by atoms with E-state index in [9.17, 15) is 9.59 Å². The molecular formula is C14H23N5O3. The van der Waals surface area contributed by atoms with E-state index >= 15 is 0 Å². The summed E-state index contributed by atoms with van der Waals surface area (Å²) in [6, 6.07) is -0.253. The Labute approximate surface area is 129 Å². The summed E-state index contributed by atoms with van der Waals surface area (Å²) in [6.45, 7) is 7.89. The number of ether oxygens (including phenoxy) is 1. The van der Waals surface area contributed by atoms with E-state index in [2.05, 4.69) is 15.4 Å². The van der Waals surface area contributed by atoms with Crippen LogP contribution < -0.4 is 0 Å². The summed E-state index contributed by atoms with van der Waals surface area (Å²) in [4.78, 5) is 28.1. The summed E-state index contributed by atoms with van der Waals surface area (Å²) in [6.07, 6.45) is 1.65. The van der Waals surface area contributed by atoms with Crippen LogP contribution in [0.4, 0.5) is 4.79 Å². The summed E-state index contributed by atoms with van der Waals surface area (Å²) in [5.41, 5.74) is 0.669. The van der Waals surface area contributed by atoms with Gasteiger partial charge in [0.25, 0.3) is 0 Å². The molecule has 1 fully saturated rings. The van der Waals surface area contributed by atoms with E-state index in [-0.39, 0.29) is 24.4 Å². The predicted molar refractivity (Wildman–Crippen MR) is 79.3 cm³/mol. The Hall–Kier alpha value is -2.12. The van der Waals surface area contributed by atoms with Gasteiger partial charge >= 0.3 is 12.0 Å². The number of aromatic nitrogens is 3. The fourth-order valence-corrected chi connectivity index (χ4v) is 2.78. The van der Waals surface area contributed by atoms with Gasteiger partial charge in [-0.3, -0.25) is 0 Å². The second kappa shape index (κ2) is 7.24. The highest BCUT2D eigenvalue weighted by atomic mass is 16.5. The first kappa shape index (κ1) is 16.3. The quantitative estimate of drug-likeness (QED) is 0.834. The topological polar surface area (TPSA) is 91.4 Å². The van der Waals surface area contributed by atoms with E-state index in [1.165, 1.54) is 0 Å². The molecule has 122 valence electrons. The highest BCUT2D eigenvalue weighted by Gasteiger charge is 2.36. The lowest BCUT2D eigenvalue weighted by Gasteiger charge is -2.29. The summed E-state index contributed by atoms with van der Waals surface area (Å²) in [7, 11) is 0. The molecule has 2 heterocycles. The maximum absolute atomic E-state index is 12.6. The summed E-state index contributed by atoms with van der Waals surface area (Å²) >= 11 is 0. The van der Waals surface area contributed by atoms with Gasteiger partial charge in [-0.1, -0.05) is 0 Å². The van der Waals surface area contributed by atoms with Crippen molar-refractivity contribution in [1.29, 1.82) is 0 Å². The molecule has 0 aromatic carbocycles. The fourth-order valence-electron chi connectivity index (χ4n) is 2.78. The second-order valence-electron chi connectivity index (χ2n) is 5.08. The molecule has 0 aliphatic carbocycles. The fraction of sp³-hybridized carbons (Fsp3) is 0.714. The van der Waals surface area contributed by atoms with Crippen LogP contribution in [0.2, 0.25) is 0 Å². The van der Waals surface area contributed by atoms with Crippen LogP contribution in [0.15, 0.2) is 0 Å². The molecule has 1 aromatic rings. The molecule has 1 unspecified atom stereocenters. The van der Waals surface area contributed by atoms with Crippen LogP contribution in [0.3, 0.4) is 0 Å². The number of amides is 2. The normalized spacial score (nSPS) is 17.6. The number of hydrogen-bond acceptors (Lipinski definition) is 5. The number of urea groups is 1. The van der Waals surface area contributed by atoms with Crippen LogP contribution in [0.25, 0.3) is 0 Å². The Morgan fingerprint density at radius 1 is 1.32 bits per heavy atom. The van der Waals surface area contributed by atoms with Crippen LogP contribution in [0.5, 0.6) is 0 Å². The third kappa shape index (κ3) is 3.05. The minimum Gasteiger partial charge on any atom is -0.461 e. The zero-order valence-electron chi connectivity index (χ0n) is 13.3. The lowest BCUT2D eigenvalue weighted by atomic mass is 10.1. The highest BCUT2D eigenvalue weighted by Crippen LogP contribution is 2.33. The molecule has 1 aliphatic rings. The van der Waals surface area contributed by atoms with Gasteiger partial charge in [0.2, 0.25) is 0 Å². The number of nitrogens with zero attached hydrogens (tertiary/aromatic N) is 4. The van der Waals surface area contributed by atoms with Gasteiger partial charge in [-0.2, -0.15) is 10.3 Å². The summed E-state index contributed by atoms with van der Waals surface area (Å²) in [5, 5.41) is 10.5. The van der Waals surface area contributed by atoms with Crippen molar-refractivity contribution in [2.75, 3.05) is 26.2 Å². The summed E-state index contributed by atoms with van der Waals surface area (Å²) in [5.74, 6) is -0.506. The first-order valence-corrected chi connectivity index (χ1v) is 7.77. The largest absolute Gasteiger partial charge is 0.461 e. The zero-order chi connectivity index (χ0) is 16.1. The van der Waals surface area contributed by atoms with E-state index in [0.29, 0.717) is 25.3 Å². The summed E-state index contributed by atoms with van der Waals surface area (Å²) < 4.78 is 5.00. The van der Waals surface area contributed by atoms with Gasteiger partial charge in [-0.05, 0) is 33.6 Å². The number of likely N-dealkylation sites (tertiary alicyclic amines) is 1. The van der Waals surface area contributed by atoms with Crippen molar-refractivity contribution in [3.8, 4) is 0 Å². The zero-order valence-corrected chi connectivity index (χ0v) is 13.3. The molecule has 0 saturated carbocycles. The Kier molecular flexibility index (Phi) is 5.35. The Morgan fingerprint density at radius 3 is 2.68 bits per heavy atom. The molecular weight excluding hydrogens is 286 g/mol.